The van der Waals surface area contributed by atoms with Crippen LogP contribution >= 0.6 is 15.6 Å². The van der Waals surface area contributed by atoms with Crippen molar-refractivity contribution in [3.05, 3.63) is 0 Å². The van der Waals surface area contributed by atoms with E-state index in [1.165, 1.54) is 205 Å². The first-order chi connectivity index (χ1) is 47.6. The molecule has 0 aromatic rings. The molecular weight excluding hydrogens is 1290 g/mol. The van der Waals surface area contributed by atoms with Crippen molar-refractivity contribution in [2.75, 3.05) is 39.6 Å². The van der Waals surface area contributed by atoms with Gasteiger partial charge < -0.3 is 33.8 Å². The van der Waals surface area contributed by atoms with Gasteiger partial charge in [0.2, 0.25) is 0 Å². The minimum absolute atomic E-state index is 0.105. The predicted octanol–water partition coefficient (Wildman–Crippen LogP) is 23.6. The zero-order chi connectivity index (χ0) is 73.1. The number of hydrogen-bond acceptors (Lipinski definition) is 15. The van der Waals surface area contributed by atoms with Gasteiger partial charge in [0.25, 0.3) is 0 Å². The number of phosphoric acid groups is 2. The van der Waals surface area contributed by atoms with Crippen LogP contribution in [0.3, 0.4) is 0 Å². The number of phosphoric ester groups is 2. The minimum atomic E-state index is -4.96. The lowest BCUT2D eigenvalue weighted by molar-refractivity contribution is -0.161. The molecule has 588 valence electrons. The molecule has 0 aromatic carbocycles. The van der Waals surface area contributed by atoms with Crippen molar-refractivity contribution in [3.63, 3.8) is 0 Å². The monoisotopic (exact) mass is 1450 g/mol. The van der Waals surface area contributed by atoms with Gasteiger partial charge in [-0.15, -0.1) is 0 Å². The fourth-order valence-electron chi connectivity index (χ4n) is 12.3. The SMILES string of the molecule is CC(C)CCCCCCCCCCCCCCCCCCC(=O)O[C@H](COC(=O)CCCCCCCCCCCCCCCCCC(C)C)COP(=O)(O)OC[C@@H](O)COP(=O)(O)OC[C@@H](COC(=O)CCCCCCCCC(C)C)OC(=O)CCCCCCCCCCCCC(C)C. The van der Waals surface area contributed by atoms with Crippen LogP contribution in [0.4, 0.5) is 0 Å². The van der Waals surface area contributed by atoms with Crippen molar-refractivity contribution in [2.45, 2.75) is 427 Å². The minimum Gasteiger partial charge on any atom is -0.462 e. The lowest BCUT2D eigenvalue weighted by Crippen LogP contribution is -2.30. The van der Waals surface area contributed by atoms with E-state index in [2.05, 4.69) is 55.4 Å². The van der Waals surface area contributed by atoms with E-state index >= 15 is 0 Å². The molecule has 0 saturated heterocycles. The van der Waals surface area contributed by atoms with Crippen LogP contribution < -0.4 is 0 Å². The van der Waals surface area contributed by atoms with Crippen molar-refractivity contribution in [1.82, 2.24) is 0 Å². The van der Waals surface area contributed by atoms with Gasteiger partial charge in [-0.05, 0) is 49.4 Å². The third-order valence-corrected chi connectivity index (χ3v) is 20.5. The van der Waals surface area contributed by atoms with Crippen molar-refractivity contribution in [3.8, 4) is 0 Å². The zero-order valence-corrected chi connectivity index (χ0v) is 66.9. The summed E-state index contributed by atoms with van der Waals surface area (Å²) in [6.07, 6.45) is 55.7. The molecule has 99 heavy (non-hydrogen) atoms. The molecule has 19 heteroatoms. The number of carbonyl (C=O) groups is 4. The average Bonchev–Trinajstić information content (AvgIpc) is 1.43. The van der Waals surface area contributed by atoms with Gasteiger partial charge in [-0.25, -0.2) is 9.13 Å². The van der Waals surface area contributed by atoms with Crippen molar-refractivity contribution in [1.29, 1.82) is 0 Å². The van der Waals surface area contributed by atoms with E-state index in [0.29, 0.717) is 31.6 Å². The number of aliphatic hydroxyl groups excluding tert-OH is 1. The number of ether oxygens (including phenoxy) is 4. The summed E-state index contributed by atoms with van der Waals surface area (Å²) in [4.78, 5) is 72.9. The summed E-state index contributed by atoms with van der Waals surface area (Å²) in [5.41, 5.74) is 0. The highest BCUT2D eigenvalue weighted by atomic mass is 31.2. The molecule has 2 unspecified atom stereocenters. The molecule has 0 heterocycles. The quantitative estimate of drug-likeness (QED) is 0.0222. The van der Waals surface area contributed by atoms with Crippen LogP contribution in [0.15, 0.2) is 0 Å². The molecule has 0 saturated carbocycles. The van der Waals surface area contributed by atoms with Crippen LogP contribution in [-0.4, -0.2) is 96.7 Å². The highest BCUT2D eigenvalue weighted by molar-refractivity contribution is 7.47. The second kappa shape index (κ2) is 69.1. The maximum absolute atomic E-state index is 13.1. The fourth-order valence-corrected chi connectivity index (χ4v) is 13.8. The number of esters is 4. The summed E-state index contributed by atoms with van der Waals surface area (Å²) < 4.78 is 68.6. The highest BCUT2D eigenvalue weighted by Gasteiger charge is 2.30. The van der Waals surface area contributed by atoms with Gasteiger partial charge in [0.1, 0.15) is 19.3 Å². The standard InChI is InChI=1S/C80H156O17P2/c1-70(2)56-48-40-32-26-20-16-12-9-10-14-19-23-30-36-46-54-62-79(84)96-75(66-90-77(82)60-52-44-35-29-22-18-15-11-13-17-21-27-33-41-49-57-71(3)4)68-94-98(86,87)92-64-74(81)65-93-99(88,89)95-69-76(67-91-78(83)61-53-45-39-38-43-51-59-73(7)8)97-80(85)63-55-47-37-31-25-24-28-34-42-50-58-72(5)6/h70-76,81H,9-69H2,1-8H3,(H,86,87)(H,88,89)/t74-,75-,76-/m1/s1. The average molecular weight is 1450 g/mol. The van der Waals surface area contributed by atoms with Crippen molar-refractivity contribution in [2.24, 2.45) is 23.7 Å². The summed E-state index contributed by atoms with van der Waals surface area (Å²) in [5.74, 6) is 0.929. The maximum Gasteiger partial charge on any atom is 0.472 e. The molecule has 0 aromatic heterocycles. The first-order valence-electron chi connectivity index (χ1n) is 41.2. The molecule has 3 N–H and O–H groups in total. The first-order valence-corrected chi connectivity index (χ1v) is 44.2. The summed E-state index contributed by atoms with van der Waals surface area (Å²) in [7, 11) is -9.92. The van der Waals surface area contributed by atoms with Crippen LogP contribution in [0.5, 0.6) is 0 Å². The molecule has 0 bridgehead atoms. The Morgan fingerprint density at radius 1 is 0.253 bits per heavy atom. The van der Waals surface area contributed by atoms with Crippen LogP contribution in [0.1, 0.15) is 409 Å². The largest absolute Gasteiger partial charge is 0.472 e. The third kappa shape index (κ3) is 74.1. The smallest absolute Gasteiger partial charge is 0.462 e. The molecule has 0 spiro atoms. The summed E-state index contributed by atoms with van der Waals surface area (Å²) >= 11 is 0. The van der Waals surface area contributed by atoms with Gasteiger partial charge in [0.05, 0.1) is 26.4 Å². The molecule has 5 atom stereocenters. The Balaban J connectivity index is 5.22. The first kappa shape index (κ1) is 97.1. The normalized spacial score (nSPS) is 14.1. The molecule has 0 rings (SSSR count). The Morgan fingerprint density at radius 3 is 0.626 bits per heavy atom. The summed E-state index contributed by atoms with van der Waals surface area (Å²) in [5, 5.41) is 10.6. The van der Waals surface area contributed by atoms with E-state index in [1.807, 2.05) is 0 Å². The Morgan fingerprint density at radius 2 is 0.424 bits per heavy atom. The van der Waals surface area contributed by atoms with Crippen LogP contribution in [0, 0.1) is 23.7 Å². The van der Waals surface area contributed by atoms with E-state index in [-0.39, 0.29) is 25.7 Å². The Kier molecular flexibility index (Phi) is 67.8. The van der Waals surface area contributed by atoms with Gasteiger partial charge in [-0.2, -0.15) is 0 Å². The van der Waals surface area contributed by atoms with E-state index in [0.717, 1.165) is 114 Å². The highest BCUT2D eigenvalue weighted by Crippen LogP contribution is 2.45. The molecule has 0 fully saturated rings. The summed E-state index contributed by atoms with van der Waals surface area (Å²) in [6.45, 7) is 14.2. The molecule has 0 aliphatic rings. The number of unbranched alkanes of at least 4 members (excludes halogenated alkanes) is 43. The molecule has 0 radical (unpaired) electrons. The van der Waals surface area contributed by atoms with E-state index in [4.69, 9.17) is 37.0 Å². The van der Waals surface area contributed by atoms with Crippen molar-refractivity contribution < 1.29 is 80.2 Å². The van der Waals surface area contributed by atoms with Gasteiger partial charge in [0, 0.05) is 25.7 Å². The lowest BCUT2D eigenvalue weighted by atomic mass is 10.0. The Labute approximate surface area is 607 Å². The molecule has 0 aliphatic heterocycles. The van der Waals surface area contributed by atoms with Gasteiger partial charge in [0.15, 0.2) is 12.2 Å². The fraction of sp³-hybridized carbons (Fsp3) is 0.950. The Bertz CT molecular complexity index is 1940. The van der Waals surface area contributed by atoms with Crippen molar-refractivity contribution >= 4 is 39.5 Å². The summed E-state index contributed by atoms with van der Waals surface area (Å²) in [6, 6.07) is 0. The van der Waals surface area contributed by atoms with Gasteiger partial charge >= 0.3 is 39.5 Å². The molecule has 17 nitrogen and oxygen atoms in total. The second-order valence-corrected chi connectivity index (χ2v) is 33.6. The van der Waals surface area contributed by atoms with E-state index < -0.39 is 97.5 Å². The van der Waals surface area contributed by atoms with E-state index in [9.17, 15) is 43.2 Å². The molecular formula is C80H156O17P2. The van der Waals surface area contributed by atoms with Crippen LogP contribution in [0.2, 0.25) is 0 Å². The molecule has 0 aliphatic carbocycles. The van der Waals surface area contributed by atoms with Crippen LogP contribution in [-0.2, 0) is 65.4 Å². The third-order valence-electron chi connectivity index (χ3n) is 18.6. The van der Waals surface area contributed by atoms with Gasteiger partial charge in [-0.1, -0.05) is 357 Å². The topological polar surface area (TPSA) is 237 Å². The Hall–Kier alpha value is -1.94. The van der Waals surface area contributed by atoms with Gasteiger partial charge in [-0.3, -0.25) is 37.3 Å². The maximum atomic E-state index is 13.1. The lowest BCUT2D eigenvalue weighted by Gasteiger charge is -2.21. The number of aliphatic hydroxyl groups is 1. The van der Waals surface area contributed by atoms with Crippen LogP contribution in [0.25, 0.3) is 0 Å². The zero-order valence-electron chi connectivity index (χ0n) is 65.1. The predicted molar refractivity (Wildman–Crippen MR) is 404 cm³/mol. The van der Waals surface area contributed by atoms with E-state index in [1.54, 1.807) is 0 Å². The number of rotatable bonds is 77. The number of carbonyl (C=O) groups excluding carboxylic acids is 4. The second-order valence-electron chi connectivity index (χ2n) is 30.7. The molecule has 0 amide bonds. The number of hydrogen-bond donors (Lipinski definition) is 3.